The highest BCUT2D eigenvalue weighted by molar-refractivity contribution is 6.15. The smallest absolute Gasteiger partial charge is 0.276 e. The molecule has 1 N–H and O–H groups in total. The molecule has 5 aliphatic rings. The molecule has 4 aliphatic carbocycles. The van der Waals surface area contributed by atoms with E-state index < -0.39 is 5.67 Å². The van der Waals surface area contributed by atoms with Crippen molar-refractivity contribution in [1.82, 2.24) is 15.2 Å². The largest absolute Gasteiger partial charge is 0.443 e. The summed E-state index contributed by atoms with van der Waals surface area (Å²) in [5.41, 5.74) is 1.32. The second-order valence-electron chi connectivity index (χ2n) is 9.40. The van der Waals surface area contributed by atoms with Crippen molar-refractivity contribution in [2.24, 2.45) is 16.8 Å². The van der Waals surface area contributed by atoms with Crippen molar-refractivity contribution in [3.8, 4) is 0 Å². The number of nitrogens with one attached hydrogen (secondary N) is 1. The molecule has 1 saturated heterocycles. The molecule has 4 saturated carbocycles. The first-order valence-corrected chi connectivity index (χ1v) is 10.3. The zero-order valence-electron chi connectivity index (χ0n) is 16.3. The number of nitrogens with zero attached hydrogens (tertiary/aromatic N) is 3. The summed E-state index contributed by atoms with van der Waals surface area (Å²) in [7, 11) is 1.72. The molecule has 2 aromatic rings. The highest BCUT2D eigenvalue weighted by Crippen LogP contribution is 2.60. The average molecular weight is 394 g/mol. The van der Waals surface area contributed by atoms with Crippen LogP contribution in [0.1, 0.15) is 44.1 Å². The monoisotopic (exact) mass is 394 g/mol. The number of amides is 1. The van der Waals surface area contributed by atoms with E-state index in [0.29, 0.717) is 48.3 Å². The van der Waals surface area contributed by atoms with E-state index >= 15 is 4.39 Å². The molecule has 0 radical (unpaired) electrons. The molecule has 150 valence electrons. The van der Waals surface area contributed by atoms with Crippen LogP contribution in [-0.2, 0) is 4.79 Å². The molecule has 2 heterocycles. The van der Waals surface area contributed by atoms with Gasteiger partial charge in [0.15, 0.2) is 12.0 Å². The number of hydrogen-bond donors (Lipinski definition) is 1. The fraction of sp³-hybridized carbons (Fsp3) is 0.500. The van der Waals surface area contributed by atoms with E-state index in [9.17, 15) is 4.79 Å². The Bertz CT molecular complexity index is 1070. The lowest BCUT2D eigenvalue weighted by Gasteiger charge is -2.57. The lowest BCUT2D eigenvalue weighted by molar-refractivity contribution is -0.121. The molecular weight excluding hydrogens is 371 g/mol. The average Bonchev–Trinajstić information content (AvgIpc) is 3.20. The number of likely N-dealkylation sites (N-methyl/N-ethyl adjacent to an activating group) is 1. The first-order valence-electron chi connectivity index (χ1n) is 10.3. The van der Waals surface area contributed by atoms with Gasteiger partial charge in [-0.25, -0.2) is 14.4 Å². The van der Waals surface area contributed by atoms with Crippen LogP contribution >= 0.6 is 0 Å². The first-order chi connectivity index (χ1) is 13.9. The van der Waals surface area contributed by atoms with E-state index in [4.69, 9.17) is 9.41 Å². The van der Waals surface area contributed by atoms with Crippen LogP contribution in [-0.4, -0.2) is 40.0 Å². The molecule has 1 amide bonds. The number of fused-ring (bicyclic) bond motifs is 1. The van der Waals surface area contributed by atoms with Crippen LogP contribution in [0.15, 0.2) is 39.7 Å². The number of aromatic nitrogens is 1. The van der Waals surface area contributed by atoms with Gasteiger partial charge in [-0.3, -0.25) is 9.69 Å². The Hall–Kier alpha value is -2.70. The molecule has 0 spiro atoms. The van der Waals surface area contributed by atoms with Crippen molar-refractivity contribution in [3.63, 3.8) is 0 Å². The summed E-state index contributed by atoms with van der Waals surface area (Å²) < 4.78 is 20.6. The van der Waals surface area contributed by atoms with Crippen LogP contribution in [0.5, 0.6) is 0 Å². The van der Waals surface area contributed by atoms with Crippen molar-refractivity contribution in [2.75, 3.05) is 7.05 Å². The second kappa shape index (κ2) is 5.68. The van der Waals surface area contributed by atoms with Gasteiger partial charge in [-0.15, -0.1) is 0 Å². The van der Waals surface area contributed by atoms with E-state index in [1.54, 1.807) is 18.0 Å². The third-order valence-electron chi connectivity index (χ3n) is 7.07. The van der Waals surface area contributed by atoms with Crippen LogP contribution in [0.3, 0.4) is 0 Å². The van der Waals surface area contributed by atoms with E-state index in [1.807, 2.05) is 18.2 Å². The standard InChI is InChI=1S/C22H23FN4O2/c1-27-19(28)17(5-13-2-3-16-18(6-13)29-12-24-16)25-20(27)26-22-9-14-4-15(10-22)8-21(23,7-14)11-22/h2-3,5-6,12,14-15H,4,7-11H2,1H3,(H,25,26)/b17-5-. The Morgan fingerprint density at radius 1 is 1.31 bits per heavy atom. The quantitative estimate of drug-likeness (QED) is 0.790. The molecule has 1 aliphatic heterocycles. The minimum atomic E-state index is -1.07. The fourth-order valence-corrected chi connectivity index (χ4v) is 6.32. The van der Waals surface area contributed by atoms with E-state index in [1.165, 1.54) is 6.39 Å². The number of alkyl halides is 1. The van der Waals surface area contributed by atoms with Gasteiger partial charge in [-0.1, -0.05) is 6.07 Å². The topological polar surface area (TPSA) is 70.7 Å². The Labute approximate surface area is 167 Å². The normalized spacial score (nSPS) is 38.6. The van der Waals surface area contributed by atoms with Crippen molar-refractivity contribution in [2.45, 2.75) is 49.7 Å². The van der Waals surface area contributed by atoms with Gasteiger partial charge in [-0.05, 0) is 67.7 Å². The number of benzene rings is 1. The highest BCUT2D eigenvalue weighted by Gasteiger charge is 2.59. The summed E-state index contributed by atoms with van der Waals surface area (Å²) in [6.07, 6.45) is 8.06. The van der Waals surface area contributed by atoms with Crippen molar-refractivity contribution < 1.29 is 13.6 Å². The van der Waals surface area contributed by atoms with Gasteiger partial charge in [0.05, 0.1) is 5.54 Å². The molecule has 7 heteroatoms. The third kappa shape index (κ3) is 2.70. The van der Waals surface area contributed by atoms with Crippen molar-refractivity contribution >= 4 is 29.0 Å². The number of halogens is 1. The first kappa shape index (κ1) is 17.2. The molecule has 2 unspecified atom stereocenters. The lowest BCUT2D eigenvalue weighted by atomic mass is 9.52. The number of carbonyl (C=O) groups is 1. The van der Waals surface area contributed by atoms with Gasteiger partial charge in [0, 0.05) is 13.5 Å². The Morgan fingerprint density at radius 3 is 2.86 bits per heavy atom. The zero-order valence-corrected chi connectivity index (χ0v) is 16.3. The minimum Gasteiger partial charge on any atom is -0.443 e. The molecule has 1 aromatic carbocycles. The highest BCUT2D eigenvalue weighted by atomic mass is 19.1. The summed E-state index contributed by atoms with van der Waals surface area (Å²) in [4.78, 5) is 23.4. The van der Waals surface area contributed by atoms with E-state index in [-0.39, 0.29) is 11.4 Å². The molecule has 5 fully saturated rings. The van der Waals surface area contributed by atoms with Crippen LogP contribution in [0.25, 0.3) is 17.2 Å². The number of rotatable bonds is 2. The zero-order chi connectivity index (χ0) is 19.8. The fourth-order valence-electron chi connectivity index (χ4n) is 6.32. The van der Waals surface area contributed by atoms with Gasteiger partial charge >= 0.3 is 0 Å². The summed E-state index contributed by atoms with van der Waals surface area (Å²) >= 11 is 0. The summed E-state index contributed by atoms with van der Waals surface area (Å²) in [5.74, 6) is 1.25. The SMILES string of the molecule is CN1C(=O)/C(=C/c2ccc3ncoc3c2)NC1=NC12CC3CC(CC(F)(C3)C1)C2. The number of carbonyl (C=O) groups excluding carboxylic acids is 1. The molecule has 7 rings (SSSR count). The predicted octanol–water partition coefficient (Wildman–Crippen LogP) is 3.65. The maximum absolute atomic E-state index is 15.2. The maximum atomic E-state index is 15.2. The Kier molecular flexibility index (Phi) is 3.36. The van der Waals surface area contributed by atoms with Crippen LogP contribution in [0.2, 0.25) is 0 Å². The van der Waals surface area contributed by atoms with E-state index in [2.05, 4.69) is 10.3 Å². The molecule has 29 heavy (non-hydrogen) atoms. The number of oxazole rings is 1. The van der Waals surface area contributed by atoms with Gasteiger partial charge in [0.25, 0.3) is 5.91 Å². The Balaban J connectivity index is 1.32. The maximum Gasteiger partial charge on any atom is 0.276 e. The van der Waals surface area contributed by atoms with Gasteiger partial charge < -0.3 is 9.73 Å². The van der Waals surface area contributed by atoms with E-state index in [0.717, 1.165) is 30.3 Å². The second-order valence-corrected chi connectivity index (χ2v) is 9.40. The molecule has 2 atom stereocenters. The van der Waals surface area contributed by atoms with Crippen molar-refractivity contribution in [3.05, 3.63) is 35.9 Å². The van der Waals surface area contributed by atoms with Crippen LogP contribution < -0.4 is 5.32 Å². The van der Waals surface area contributed by atoms with Crippen LogP contribution in [0, 0.1) is 11.8 Å². The van der Waals surface area contributed by atoms with Crippen LogP contribution in [0.4, 0.5) is 4.39 Å². The molecule has 6 nitrogen and oxygen atoms in total. The predicted molar refractivity (Wildman–Crippen MR) is 107 cm³/mol. The molecule has 1 aromatic heterocycles. The van der Waals surface area contributed by atoms with Crippen molar-refractivity contribution in [1.29, 1.82) is 0 Å². The number of hydrogen-bond acceptors (Lipinski definition) is 4. The number of guanidine groups is 1. The molecular formula is C22H23FN4O2. The minimum absolute atomic E-state index is 0.138. The Morgan fingerprint density at radius 2 is 2.10 bits per heavy atom. The third-order valence-corrected chi connectivity index (χ3v) is 7.07. The summed E-state index contributed by atoms with van der Waals surface area (Å²) in [6.45, 7) is 0. The van der Waals surface area contributed by atoms with Gasteiger partial charge in [-0.2, -0.15) is 0 Å². The van der Waals surface area contributed by atoms with Gasteiger partial charge in [0.1, 0.15) is 16.9 Å². The summed E-state index contributed by atoms with van der Waals surface area (Å²) in [5, 5.41) is 3.19. The summed E-state index contributed by atoms with van der Waals surface area (Å²) in [6, 6.07) is 5.61. The number of aliphatic imine (C=N–C) groups is 1. The van der Waals surface area contributed by atoms with Gasteiger partial charge in [0.2, 0.25) is 5.96 Å². The lowest BCUT2D eigenvalue weighted by Crippen LogP contribution is -2.57. The molecule has 4 bridgehead atoms.